The first kappa shape index (κ1) is 31.0. The maximum Gasteiger partial charge on any atom is 0.358 e. The smallest absolute Gasteiger partial charge is 0.358 e. The number of aromatic carboxylic acids is 1. The first-order valence-corrected chi connectivity index (χ1v) is 15.9. The van der Waals surface area contributed by atoms with Crippen molar-refractivity contribution in [2.75, 3.05) is 7.11 Å². The summed E-state index contributed by atoms with van der Waals surface area (Å²) in [5, 5.41) is 8.89. The number of carbonyl (C=O) groups is 2. The van der Waals surface area contributed by atoms with Gasteiger partial charge in [0.2, 0.25) is 0 Å². The van der Waals surface area contributed by atoms with Gasteiger partial charge in [-0.3, -0.25) is 0 Å². The molecule has 0 aliphatic carbocycles. The number of aromatic nitrogens is 6. The molecule has 0 saturated carbocycles. The van der Waals surface area contributed by atoms with Gasteiger partial charge in [-0.05, 0) is 50.2 Å². The van der Waals surface area contributed by atoms with E-state index >= 15 is 0 Å². The molecule has 6 rings (SSSR count). The molecule has 4 heterocycles. The largest absolute Gasteiger partial charge is 0.476 e. The molecular formula is C29H24N6O8S2. The van der Waals surface area contributed by atoms with Crippen LogP contribution in [0.15, 0.2) is 95.2 Å². The molecule has 14 nitrogen and oxygen atoms in total. The van der Waals surface area contributed by atoms with Crippen molar-refractivity contribution in [2.45, 2.75) is 23.6 Å². The number of carboxylic acid groups (broad SMARTS) is 1. The van der Waals surface area contributed by atoms with Crippen molar-refractivity contribution in [3.05, 3.63) is 108 Å². The fourth-order valence-electron chi connectivity index (χ4n) is 4.12. The average molecular weight is 649 g/mol. The molecule has 230 valence electrons. The highest BCUT2D eigenvalue weighted by atomic mass is 32.2. The topological polar surface area (TPSA) is 193 Å². The number of benzene rings is 2. The number of hydrogen-bond acceptors (Lipinski definition) is 11. The van der Waals surface area contributed by atoms with Crippen LogP contribution >= 0.6 is 0 Å². The lowest BCUT2D eigenvalue weighted by Crippen LogP contribution is -2.13. The van der Waals surface area contributed by atoms with Crippen LogP contribution in [0.3, 0.4) is 0 Å². The van der Waals surface area contributed by atoms with Gasteiger partial charge in [-0.1, -0.05) is 35.4 Å². The molecule has 0 saturated heterocycles. The number of nitrogens with zero attached hydrogens (tertiary/aromatic N) is 6. The summed E-state index contributed by atoms with van der Waals surface area (Å²) in [5.41, 5.74) is 2.43. The molecule has 2 aromatic carbocycles. The van der Waals surface area contributed by atoms with E-state index in [0.717, 1.165) is 25.3 Å². The summed E-state index contributed by atoms with van der Waals surface area (Å²) >= 11 is 0. The number of hydrogen-bond donors (Lipinski definition) is 1. The van der Waals surface area contributed by atoms with Crippen molar-refractivity contribution in [1.29, 1.82) is 0 Å². The van der Waals surface area contributed by atoms with E-state index in [1.54, 1.807) is 24.3 Å². The summed E-state index contributed by atoms with van der Waals surface area (Å²) in [4.78, 5) is 38.5. The standard InChI is InChI=1S/C15H13N3O4S.C14H11N3O4S/c1-10-3-5-11(6-4-10)23(20,21)18-8-7-12-14(18)16-9-13(17-12)15(19)22-2;1-9-2-4-10(5-3-9)22(20,21)17-7-6-11-13(17)15-8-12(16-11)14(18)19/h3-9H,1-2H3;2-8H,1H3,(H,18,19). The van der Waals surface area contributed by atoms with Crippen LogP contribution in [0.5, 0.6) is 0 Å². The first-order chi connectivity index (χ1) is 21.3. The van der Waals surface area contributed by atoms with E-state index in [-0.39, 0.29) is 38.0 Å². The maximum absolute atomic E-state index is 12.7. The molecule has 0 unspecified atom stereocenters. The van der Waals surface area contributed by atoms with Gasteiger partial charge in [0.1, 0.15) is 11.0 Å². The van der Waals surface area contributed by atoms with Crippen molar-refractivity contribution < 1.29 is 36.3 Å². The van der Waals surface area contributed by atoms with Gasteiger partial charge in [0.05, 0.1) is 29.3 Å². The van der Waals surface area contributed by atoms with E-state index < -0.39 is 32.0 Å². The minimum atomic E-state index is -3.81. The Morgan fingerprint density at radius 2 is 1.07 bits per heavy atom. The van der Waals surface area contributed by atoms with Gasteiger partial charge in [-0.15, -0.1) is 0 Å². The lowest BCUT2D eigenvalue weighted by Gasteiger charge is -2.07. The second-order valence-electron chi connectivity index (χ2n) is 9.58. The predicted octanol–water partition coefficient (Wildman–Crippen LogP) is 3.44. The van der Waals surface area contributed by atoms with Crippen LogP contribution in [0.25, 0.3) is 22.3 Å². The highest BCUT2D eigenvalue weighted by Gasteiger charge is 2.22. The molecule has 0 bridgehead atoms. The monoisotopic (exact) mass is 648 g/mol. The van der Waals surface area contributed by atoms with Gasteiger partial charge in [0, 0.05) is 12.4 Å². The van der Waals surface area contributed by atoms with E-state index in [9.17, 15) is 26.4 Å². The number of ether oxygens (including phenoxy) is 1. The normalized spacial score (nSPS) is 11.6. The van der Waals surface area contributed by atoms with E-state index in [1.807, 2.05) is 13.8 Å². The number of carboxylic acids is 1. The molecule has 0 radical (unpaired) electrons. The van der Waals surface area contributed by atoms with Gasteiger partial charge in [-0.25, -0.2) is 54.3 Å². The summed E-state index contributed by atoms with van der Waals surface area (Å²) in [7, 11) is -6.35. The fourth-order valence-corrected chi connectivity index (χ4v) is 6.71. The Hall–Kier alpha value is -5.48. The third-order valence-corrected chi connectivity index (χ3v) is 9.84. The van der Waals surface area contributed by atoms with Crippen LogP contribution in [-0.4, -0.2) is 68.9 Å². The van der Waals surface area contributed by atoms with Crippen LogP contribution < -0.4 is 0 Å². The minimum Gasteiger partial charge on any atom is -0.476 e. The fraction of sp³-hybridized carbons (Fsp3) is 0.103. The molecule has 0 amide bonds. The van der Waals surface area contributed by atoms with Crippen LogP contribution in [0.2, 0.25) is 0 Å². The van der Waals surface area contributed by atoms with Gasteiger partial charge in [-0.2, -0.15) is 0 Å². The molecule has 0 spiro atoms. The Balaban J connectivity index is 0.000000178. The lowest BCUT2D eigenvalue weighted by atomic mass is 10.2. The van der Waals surface area contributed by atoms with Gasteiger partial charge in [0.15, 0.2) is 22.7 Å². The van der Waals surface area contributed by atoms with Crippen molar-refractivity contribution in [1.82, 2.24) is 27.9 Å². The number of carbonyl (C=O) groups excluding carboxylic acids is 1. The van der Waals surface area contributed by atoms with Crippen molar-refractivity contribution in [3.63, 3.8) is 0 Å². The zero-order chi connectivity index (χ0) is 32.5. The van der Waals surface area contributed by atoms with E-state index in [4.69, 9.17) is 5.11 Å². The van der Waals surface area contributed by atoms with Crippen LogP contribution in [-0.2, 0) is 24.8 Å². The third kappa shape index (κ3) is 6.00. The SMILES string of the molecule is COC(=O)c1cnc2c(ccn2S(=O)(=O)c2ccc(C)cc2)n1.Cc1ccc(S(=O)(=O)n2ccc3nc(C(=O)O)cnc32)cc1. The Morgan fingerprint density at radius 1 is 0.667 bits per heavy atom. The molecule has 0 atom stereocenters. The number of rotatable bonds is 6. The van der Waals surface area contributed by atoms with Gasteiger partial charge in [0.25, 0.3) is 20.0 Å². The zero-order valence-electron chi connectivity index (χ0n) is 23.9. The number of aryl methyl sites for hydroxylation is 2. The Morgan fingerprint density at radius 3 is 1.47 bits per heavy atom. The van der Waals surface area contributed by atoms with Crippen LogP contribution in [0.1, 0.15) is 32.1 Å². The Bertz CT molecular complexity index is 2300. The minimum absolute atomic E-state index is 0.0190. The summed E-state index contributed by atoms with van der Waals surface area (Å²) in [6, 6.07) is 15.8. The molecule has 0 aliphatic rings. The number of methoxy groups -OCH3 is 1. The number of fused-ring (bicyclic) bond motifs is 2. The molecule has 0 fully saturated rings. The summed E-state index contributed by atoms with van der Waals surface area (Å²) in [5.74, 6) is -1.85. The van der Waals surface area contributed by atoms with Crippen molar-refractivity contribution >= 4 is 54.3 Å². The zero-order valence-corrected chi connectivity index (χ0v) is 25.5. The summed E-state index contributed by atoms with van der Waals surface area (Å²) in [6.45, 7) is 3.74. The highest BCUT2D eigenvalue weighted by Crippen LogP contribution is 2.22. The molecular weight excluding hydrogens is 624 g/mol. The van der Waals surface area contributed by atoms with E-state index in [1.165, 1.54) is 62.1 Å². The highest BCUT2D eigenvalue weighted by molar-refractivity contribution is 7.90. The molecule has 6 aromatic rings. The van der Waals surface area contributed by atoms with Gasteiger partial charge >= 0.3 is 11.9 Å². The molecule has 1 N–H and O–H groups in total. The molecule has 0 aliphatic heterocycles. The van der Waals surface area contributed by atoms with E-state index in [0.29, 0.717) is 5.52 Å². The third-order valence-electron chi connectivity index (χ3n) is 6.48. The van der Waals surface area contributed by atoms with Gasteiger partial charge < -0.3 is 9.84 Å². The first-order valence-electron chi connectivity index (χ1n) is 13.0. The van der Waals surface area contributed by atoms with Crippen LogP contribution in [0.4, 0.5) is 0 Å². The van der Waals surface area contributed by atoms with E-state index in [2.05, 4.69) is 24.7 Å². The van der Waals surface area contributed by atoms with Crippen molar-refractivity contribution in [3.8, 4) is 0 Å². The summed E-state index contributed by atoms with van der Waals surface area (Å²) < 4.78 is 57.2. The maximum atomic E-state index is 12.7. The molecule has 45 heavy (non-hydrogen) atoms. The van der Waals surface area contributed by atoms with Crippen LogP contribution in [0, 0.1) is 13.8 Å². The average Bonchev–Trinajstić information content (AvgIpc) is 3.66. The Kier molecular flexibility index (Phi) is 8.18. The number of esters is 1. The molecule has 16 heteroatoms. The lowest BCUT2D eigenvalue weighted by molar-refractivity contribution is 0.0593. The molecule has 4 aromatic heterocycles. The summed E-state index contributed by atoms with van der Waals surface area (Å²) in [6.07, 6.45) is 4.90. The quantitative estimate of drug-likeness (QED) is 0.259. The second kappa shape index (κ2) is 11.9. The van der Waals surface area contributed by atoms with Crippen molar-refractivity contribution in [2.24, 2.45) is 0 Å². The Labute approximate surface area is 256 Å². The second-order valence-corrected chi connectivity index (χ2v) is 13.2. The predicted molar refractivity (Wildman–Crippen MR) is 161 cm³/mol.